The molecule has 0 aromatic heterocycles. The van der Waals surface area contributed by atoms with E-state index in [2.05, 4.69) is 5.32 Å². The van der Waals surface area contributed by atoms with E-state index in [0.29, 0.717) is 19.3 Å². The summed E-state index contributed by atoms with van der Waals surface area (Å²) in [5.74, 6) is 4.31. The number of para-hydroxylation sites is 1. The van der Waals surface area contributed by atoms with E-state index in [0.717, 1.165) is 29.4 Å². The third-order valence-electron chi connectivity index (χ3n) is 6.25. The maximum atomic E-state index is 12.1. The molecule has 0 aliphatic heterocycles. The van der Waals surface area contributed by atoms with Crippen LogP contribution in [0.2, 0.25) is 0 Å². The van der Waals surface area contributed by atoms with Crippen LogP contribution < -0.4 is 10.1 Å². The summed E-state index contributed by atoms with van der Waals surface area (Å²) in [4.78, 5) is 12.1. The zero-order valence-corrected chi connectivity index (χ0v) is 14.2. The summed E-state index contributed by atoms with van der Waals surface area (Å²) in [5, 5.41) is 3.23. The Morgan fingerprint density at radius 1 is 1.04 bits per heavy atom. The third-order valence-corrected chi connectivity index (χ3v) is 6.25. The zero-order chi connectivity index (χ0) is 16.4. The molecule has 1 aromatic rings. The Labute approximate surface area is 143 Å². The summed E-state index contributed by atoms with van der Waals surface area (Å²) in [6.45, 7) is 1.04. The van der Waals surface area contributed by atoms with Crippen LogP contribution in [-0.2, 0) is 9.53 Å². The maximum Gasteiger partial charge on any atom is 0.246 e. The monoisotopic (exact) mass is 329 g/mol. The second kappa shape index (κ2) is 7.14. The van der Waals surface area contributed by atoms with Gasteiger partial charge in [0.05, 0.1) is 6.61 Å². The van der Waals surface area contributed by atoms with E-state index in [1.54, 1.807) is 0 Å². The van der Waals surface area contributed by atoms with Crippen molar-refractivity contribution in [3.8, 4) is 5.75 Å². The van der Waals surface area contributed by atoms with E-state index in [9.17, 15) is 4.79 Å². The second-order valence-electron chi connectivity index (χ2n) is 7.54. The SMILES string of the molecule is O=C(COCCOc1ccccc1)N[C@@H]1C[C@H]2C[C@H]1[C@H]1CCC[C@H]21. The fourth-order valence-electron chi connectivity index (χ4n) is 5.38. The van der Waals surface area contributed by atoms with E-state index in [1.807, 2.05) is 30.3 Å². The summed E-state index contributed by atoms with van der Waals surface area (Å²) in [6, 6.07) is 10.1. The molecule has 0 unspecified atom stereocenters. The number of carbonyl (C=O) groups excluding carboxylic acids is 1. The van der Waals surface area contributed by atoms with Crippen LogP contribution in [0.1, 0.15) is 32.1 Å². The lowest BCUT2D eigenvalue weighted by Crippen LogP contribution is -2.43. The van der Waals surface area contributed by atoms with Gasteiger partial charge in [0, 0.05) is 6.04 Å². The highest BCUT2D eigenvalue weighted by Gasteiger charge is 2.53. The molecular formula is C20H27NO3. The van der Waals surface area contributed by atoms with Crippen LogP contribution in [-0.4, -0.2) is 31.8 Å². The van der Waals surface area contributed by atoms with Gasteiger partial charge in [-0.3, -0.25) is 4.79 Å². The van der Waals surface area contributed by atoms with Crippen molar-refractivity contribution in [1.29, 1.82) is 0 Å². The normalized spacial score (nSPS) is 33.4. The highest BCUT2D eigenvalue weighted by molar-refractivity contribution is 5.77. The molecule has 1 aromatic carbocycles. The number of carbonyl (C=O) groups is 1. The Bertz CT molecular complexity index is 561. The summed E-state index contributed by atoms with van der Waals surface area (Å²) < 4.78 is 11.0. The van der Waals surface area contributed by atoms with Gasteiger partial charge in [-0.05, 0) is 61.5 Å². The molecule has 1 amide bonds. The lowest BCUT2D eigenvalue weighted by Gasteiger charge is -2.32. The first kappa shape index (κ1) is 15.9. The van der Waals surface area contributed by atoms with Crippen molar-refractivity contribution < 1.29 is 14.3 Å². The fourth-order valence-corrected chi connectivity index (χ4v) is 5.38. The molecule has 3 fully saturated rings. The molecule has 3 saturated carbocycles. The van der Waals surface area contributed by atoms with E-state index in [4.69, 9.17) is 9.47 Å². The molecule has 130 valence electrons. The predicted octanol–water partition coefficient (Wildman–Crippen LogP) is 3.02. The topological polar surface area (TPSA) is 47.6 Å². The number of ether oxygens (including phenoxy) is 2. The van der Waals surface area contributed by atoms with E-state index in [-0.39, 0.29) is 12.5 Å². The molecule has 3 aliphatic rings. The van der Waals surface area contributed by atoms with Gasteiger partial charge in [-0.15, -0.1) is 0 Å². The van der Waals surface area contributed by atoms with Crippen LogP contribution in [0.15, 0.2) is 30.3 Å². The molecule has 0 heterocycles. The number of hydrogen-bond acceptors (Lipinski definition) is 3. The zero-order valence-electron chi connectivity index (χ0n) is 14.2. The molecule has 0 radical (unpaired) electrons. The predicted molar refractivity (Wildman–Crippen MR) is 91.7 cm³/mol. The van der Waals surface area contributed by atoms with Crippen molar-refractivity contribution in [2.24, 2.45) is 23.7 Å². The number of rotatable bonds is 7. The van der Waals surface area contributed by atoms with Crippen molar-refractivity contribution in [2.75, 3.05) is 19.8 Å². The Balaban J connectivity index is 1.13. The number of amides is 1. The molecule has 4 heteroatoms. The molecule has 3 aliphatic carbocycles. The Morgan fingerprint density at radius 2 is 1.88 bits per heavy atom. The highest BCUT2D eigenvalue weighted by Crippen LogP contribution is 2.58. The third kappa shape index (κ3) is 3.30. The van der Waals surface area contributed by atoms with Crippen LogP contribution in [0.25, 0.3) is 0 Å². The lowest BCUT2D eigenvalue weighted by atomic mass is 9.79. The van der Waals surface area contributed by atoms with Crippen LogP contribution >= 0.6 is 0 Å². The van der Waals surface area contributed by atoms with Gasteiger partial charge in [-0.25, -0.2) is 0 Å². The van der Waals surface area contributed by atoms with Crippen molar-refractivity contribution >= 4 is 5.91 Å². The Morgan fingerprint density at radius 3 is 2.75 bits per heavy atom. The van der Waals surface area contributed by atoms with Crippen LogP contribution in [0.3, 0.4) is 0 Å². The van der Waals surface area contributed by atoms with Crippen LogP contribution in [0.4, 0.5) is 0 Å². The van der Waals surface area contributed by atoms with Crippen molar-refractivity contribution in [1.82, 2.24) is 5.32 Å². The van der Waals surface area contributed by atoms with Gasteiger partial charge in [-0.1, -0.05) is 24.6 Å². The maximum absolute atomic E-state index is 12.1. The van der Waals surface area contributed by atoms with Gasteiger partial charge < -0.3 is 14.8 Å². The summed E-state index contributed by atoms with van der Waals surface area (Å²) in [6.07, 6.45) is 6.73. The van der Waals surface area contributed by atoms with Gasteiger partial charge >= 0.3 is 0 Å². The van der Waals surface area contributed by atoms with E-state index < -0.39 is 0 Å². The number of benzene rings is 1. The summed E-state index contributed by atoms with van der Waals surface area (Å²) >= 11 is 0. The minimum absolute atomic E-state index is 0.0295. The van der Waals surface area contributed by atoms with Crippen molar-refractivity contribution in [3.05, 3.63) is 30.3 Å². The van der Waals surface area contributed by atoms with Gasteiger partial charge in [0.15, 0.2) is 0 Å². The molecular weight excluding hydrogens is 302 g/mol. The van der Waals surface area contributed by atoms with Crippen LogP contribution in [0.5, 0.6) is 5.75 Å². The molecule has 4 nitrogen and oxygen atoms in total. The molecule has 1 N–H and O–H groups in total. The summed E-state index contributed by atoms with van der Waals surface area (Å²) in [7, 11) is 0. The van der Waals surface area contributed by atoms with E-state index >= 15 is 0 Å². The fraction of sp³-hybridized carbons (Fsp3) is 0.650. The highest BCUT2D eigenvalue weighted by atomic mass is 16.5. The average Bonchev–Trinajstić information content (AvgIpc) is 3.28. The standard InChI is InChI=1S/C20H27NO3/c22-20(13-23-9-10-24-15-5-2-1-3-6-15)21-19-12-14-11-18(19)17-8-4-7-16(14)17/h1-3,5-6,14,16-19H,4,7-13H2,(H,21,22)/t14-,16-,17+,18+,19-/m1/s1. The second-order valence-corrected chi connectivity index (χ2v) is 7.54. The van der Waals surface area contributed by atoms with Gasteiger partial charge in [0.1, 0.15) is 19.0 Å². The smallest absolute Gasteiger partial charge is 0.246 e. The molecule has 0 spiro atoms. The van der Waals surface area contributed by atoms with Gasteiger partial charge in [0.25, 0.3) is 0 Å². The van der Waals surface area contributed by atoms with E-state index in [1.165, 1.54) is 32.1 Å². The molecule has 0 saturated heterocycles. The van der Waals surface area contributed by atoms with Gasteiger partial charge in [0.2, 0.25) is 5.91 Å². The number of fused-ring (bicyclic) bond motifs is 5. The quantitative estimate of drug-likeness (QED) is 0.782. The van der Waals surface area contributed by atoms with Gasteiger partial charge in [-0.2, -0.15) is 0 Å². The lowest BCUT2D eigenvalue weighted by molar-refractivity contribution is -0.127. The Kier molecular flexibility index (Phi) is 4.74. The molecule has 2 bridgehead atoms. The first-order valence-corrected chi connectivity index (χ1v) is 9.36. The van der Waals surface area contributed by atoms with Crippen molar-refractivity contribution in [2.45, 2.75) is 38.1 Å². The van der Waals surface area contributed by atoms with Crippen molar-refractivity contribution in [3.63, 3.8) is 0 Å². The van der Waals surface area contributed by atoms with Crippen LogP contribution in [0, 0.1) is 23.7 Å². The average molecular weight is 329 g/mol. The number of hydrogen-bond donors (Lipinski definition) is 1. The molecule has 4 rings (SSSR count). The number of nitrogens with one attached hydrogen (secondary N) is 1. The first-order valence-electron chi connectivity index (χ1n) is 9.36. The molecule has 5 atom stereocenters. The molecule has 24 heavy (non-hydrogen) atoms. The first-order chi connectivity index (χ1) is 11.8. The minimum atomic E-state index is 0.0295. The minimum Gasteiger partial charge on any atom is -0.491 e. The Hall–Kier alpha value is -1.55. The largest absolute Gasteiger partial charge is 0.491 e. The summed E-state index contributed by atoms with van der Waals surface area (Å²) in [5.41, 5.74) is 0.